The SMILES string of the molecule is Cc1nn(C)c(Cl)c1/C=C/C(=O)OCC(=O)N(C)C1(c2ccccc2Cl)CCCCC1=O. The van der Waals surface area contributed by atoms with Gasteiger partial charge in [-0.2, -0.15) is 5.10 Å². The van der Waals surface area contributed by atoms with Gasteiger partial charge in [-0.25, -0.2) is 4.79 Å². The van der Waals surface area contributed by atoms with E-state index >= 15 is 0 Å². The smallest absolute Gasteiger partial charge is 0.331 e. The summed E-state index contributed by atoms with van der Waals surface area (Å²) in [5.41, 5.74) is 0.682. The van der Waals surface area contributed by atoms with E-state index in [2.05, 4.69) is 5.10 Å². The Hall–Kier alpha value is -2.64. The normalized spacial score (nSPS) is 18.7. The van der Waals surface area contributed by atoms with Crippen LogP contribution < -0.4 is 0 Å². The minimum Gasteiger partial charge on any atom is -0.452 e. The average Bonchev–Trinajstić information content (AvgIpc) is 3.02. The Kier molecular flexibility index (Phi) is 7.41. The molecule has 1 aliphatic rings. The van der Waals surface area contributed by atoms with Crippen molar-refractivity contribution in [3.63, 3.8) is 0 Å². The van der Waals surface area contributed by atoms with Gasteiger partial charge in [0.1, 0.15) is 10.7 Å². The van der Waals surface area contributed by atoms with E-state index in [4.69, 9.17) is 27.9 Å². The molecule has 1 amide bonds. The first-order chi connectivity index (χ1) is 15.2. The predicted octanol–water partition coefficient (Wildman–Crippen LogP) is 4.09. The number of nitrogens with zero attached hydrogens (tertiary/aromatic N) is 3. The van der Waals surface area contributed by atoms with E-state index in [1.54, 1.807) is 45.3 Å². The third-order valence-corrected chi connectivity index (χ3v) is 6.62. The van der Waals surface area contributed by atoms with Gasteiger partial charge in [0.15, 0.2) is 12.4 Å². The zero-order valence-corrected chi connectivity index (χ0v) is 19.7. The number of halogens is 2. The molecule has 1 heterocycles. The van der Waals surface area contributed by atoms with Crippen LogP contribution in [0, 0.1) is 6.92 Å². The number of aromatic nitrogens is 2. The van der Waals surface area contributed by atoms with Crippen LogP contribution in [-0.2, 0) is 31.7 Å². The van der Waals surface area contributed by atoms with Gasteiger partial charge < -0.3 is 9.64 Å². The Morgan fingerprint density at radius 2 is 2.00 bits per heavy atom. The highest BCUT2D eigenvalue weighted by Crippen LogP contribution is 2.42. The van der Waals surface area contributed by atoms with E-state index in [-0.39, 0.29) is 5.78 Å². The lowest BCUT2D eigenvalue weighted by Gasteiger charge is -2.43. The van der Waals surface area contributed by atoms with Crippen molar-refractivity contribution >= 4 is 46.9 Å². The van der Waals surface area contributed by atoms with Gasteiger partial charge in [0.2, 0.25) is 0 Å². The second kappa shape index (κ2) is 9.88. The lowest BCUT2D eigenvalue weighted by Crippen LogP contribution is -2.55. The first-order valence-electron chi connectivity index (χ1n) is 10.3. The lowest BCUT2D eigenvalue weighted by atomic mass is 9.74. The van der Waals surface area contributed by atoms with Crippen molar-refractivity contribution in [1.82, 2.24) is 14.7 Å². The topological polar surface area (TPSA) is 81.5 Å². The van der Waals surface area contributed by atoms with Gasteiger partial charge in [-0.3, -0.25) is 14.3 Å². The van der Waals surface area contributed by atoms with Crippen molar-refractivity contribution in [3.05, 3.63) is 57.3 Å². The molecule has 1 atom stereocenters. The monoisotopic (exact) mass is 477 g/mol. The summed E-state index contributed by atoms with van der Waals surface area (Å²) in [6.45, 7) is 1.27. The molecular weight excluding hydrogens is 453 g/mol. The van der Waals surface area contributed by atoms with Gasteiger partial charge >= 0.3 is 5.97 Å². The molecule has 0 saturated heterocycles. The maximum Gasteiger partial charge on any atom is 0.331 e. The van der Waals surface area contributed by atoms with Gasteiger partial charge in [0, 0.05) is 42.7 Å². The molecule has 7 nitrogen and oxygen atoms in total. The Morgan fingerprint density at radius 1 is 1.28 bits per heavy atom. The summed E-state index contributed by atoms with van der Waals surface area (Å²) in [4.78, 5) is 39.6. The summed E-state index contributed by atoms with van der Waals surface area (Å²) in [6.07, 6.45) is 5.06. The molecule has 3 rings (SSSR count). The molecule has 1 aliphatic carbocycles. The number of likely N-dealkylation sites (N-methyl/N-ethyl adjacent to an activating group) is 1. The van der Waals surface area contributed by atoms with Gasteiger partial charge in [-0.05, 0) is 38.3 Å². The number of ketones is 1. The van der Waals surface area contributed by atoms with Crippen molar-refractivity contribution in [2.24, 2.45) is 7.05 Å². The molecule has 0 radical (unpaired) electrons. The third-order valence-electron chi connectivity index (χ3n) is 5.84. The van der Waals surface area contributed by atoms with Gasteiger partial charge in [0.05, 0.1) is 5.69 Å². The van der Waals surface area contributed by atoms with Crippen LogP contribution in [0.1, 0.15) is 42.5 Å². The molecule has 2 aromatic rings. The number of benzene rings is 1. The van der Waals surface area contributed by atoms with E-state index in [0.717, 1.165) is 12.8 Å². The summed E-state index contributed by atoms with van der Waals surface area (Å²) in [5, 5.41) is 4.98. The number of hydrogen-bond acceptors (Lipinski definition) is 5. The largest absolute Gasteiger partial charge is 0.452 e. The van der Waals surface area contributed by atoms with Crippen LogP contribution in [0.2, 0.25) is 10.2 Å². The molecule has 1 aromatic carbocycles. The Bertz CT molecular complexity index is 1080. The van der Waals surface area contributed by atoms with Crippen molar-refractivity contribution in [3.8, 4) is 0 Å². The van der Waals surface area contributed by atoms with Crippen LogP contribution >= 0.6 is 23.2 Å². The van der Waals surface area contributed by atoms with Crippen LogP contribution in [0.4, 0.5) is 0 Å². The molecule has 0 N–H and O–H groups in total. The van der Waals surface area contributed by atoms with Crippen molar-refractivity contribution in [1.29, 1.82) is 0 Å². The number of esters is 1. The molecule has 1 unspecified atom stereocenters. The standard InChI is InChI=1S/C23H25Cl2N3O4/c1-15-16(22(25)28(3)26-15)11-12-21(31)32-14-20(30)27(2)23(13-7-6-10-19(23)29)17-8-4-5-9-18(17)24/h4-5,8-9,11-12H,6-7,10,13-14H2,1-3H3/b12-11+. The quantitative estimate of drug-likeness (QED) is 0.462. The Morgan fingerprint density at radius 3 is 2.62 bits per heavy atom. The van der Waals surface area contributed by atoms with Crippen LogP contribution in [0.25, 0.3) is 6.08 Å². The van der Waals surface area contributed by atoms with Gasteiger partial charge in [0.25, 0.3) is 5.91 Å². The molecule has 0 bridgehead atoms. The number of carbonyl (C=O) groups is 3. The maximum atomic E-state index is 13.1. The molecule has 0 spiro atoms. The number of amides is 1. The molecule has 0 aliphatic heterocycles. The van der Waals surface area contributed by atoms with E-state index in [1.807, 2.05) is 0 Å². The minimum atomic E-state index is -1.17. The summed E-state index contributed by atoms with van der Waals surface area (Å²) < 4.78 is 6.63. The highest BCUT2D eigenvalue weighted by Gasteiger charge is 2.47. The second-order valence-corrected chi connectivity index (χ2v) is 8.54. The molecule has 1 aromatic heterocycles. The summed E-state index contributed by atoms with van der Waals surface area (Å²) >= 11 is 12.6. The Balaban J connectivity index is 1.74. The summed E-state index contributed by atoms with van der Waals surface area (Å²) in [7, 11) is 3.25. The molecule has 9 heteroatoms. The van der Waals surface area contributed by atoms with Crippen molar-refractivity contribution < 1.29 is 19.1 Å². The maximum absolute atomic E-state index is 13.1. The fourth-order valence-electron chi connectivity index (χ4n) is 4.11. The summed E-state index contributed by atoms with van der Waals surface area (Å²) in [5.74, 6) is -1.26. The number of carbonyl (C=O) groups excluding carboxylic acids is 3. The Labute approximate surface area is 196 Å². The molecular formula is C23H25Cl2N3O4. The molecule has 32 heavy (non-hydrogen) atoms. The highest BCUT2D eigenvalue weighted by molar-refractivity contribution is 6.32. The van der Waals surface area contributed by atoms with Crippen LogP contribution in [0.5, 0.6) is 0 Å². The van der Waals surface area contributed by atoms with E-state index in [0.29, 0.717) is 39.8 Å². The average molecular weight is 478 g/mol. The zero-order valence-electron chi connectivity index (χ0n) is 18.2. The van der Waals surface area contributed by atoms with Crippen LogP contribution in [0.15, 0.2) is 30.3 Å². The second-order valence-electron chi connectivity index (χ2n) is 7.78. The number of ether oxygens (including phenoxy) is 1. The van der Waals surface area contributed by atoms with E-state index in [9.17, 15) is 14.4 Å². The van der Waals surface area contributed by atoms with Crippen molar-refractivity contribution in [2.75, 3.05) is 13.7 Å². The number of Topliss-reactive ketones (excluding diaryl/α,β-unsaturated/α-hetero) is 1. The first kappa shape index (κ1) is 24.0. The third kappa shape index (κ3) is 4.59. The minimum absolute atomic E-state index is 0.0689. The molecule has 170 valence electrons. The highest BCUT2D eigenvalue weighted by atomic mass is 35.5. The first-order valence-corrected chi connectivity index (χ1v) is 11.0. The van der Waals surface area contributed by atoms with Crippen LogP contribution in [0.3, 0.4) is 0 Å². The van der Waals surface area contributed by atoms with Crippen LogP contribution in [-0.4, -0.2) is 46.0 Å². The summed E-state index contributed by atoms with van der Waals surface area (Å²) in [6, 6.07) is 7.04. The predicted molar refractivity (Wildman–Crippen MR) is 122 cm³/mol. The fourth-order valence-corrected chi connectivity index (χ4v) is 4.64. The van der Waals surface area contributed by atoms with Crippen molar-refractivity contribution in [2.45, 2.75) is 38.1 Å². The zero-order chi connectivity index (χ0) is 23.5. The van der Waals surface area contributed by atoms with Gasteiger partial charge in [-0.1, -0.05) is 41.4 Å². The van der Waals surface area contributed by atoms with E-state index < -0.39 is 24.0 Å². The molecule has 1 fully saturated rings. The molecule has 1 saturated carbocycles. The van der Waals surface area contributed by atoms with E-state index in [1.165, 1.54) is 21.7 Å². The van der Waals surface area contributed by atoms with Gasteiger partial charge in [-0.15, -0.1) is 0 Å². The lowest BCUT2D eigenvalue weighted by molar-refractivity contribution is -0.155. The number of rotatable bonds is 6. The number of aryl methyl sites for hydroxylation is 2. The fraction of sp³-hybridized carbons (Fsp3) is 0.391. The number of hydrogen-bond donors (Lipinski definition) is 0.